The fourth-order valence-electron chi connectivity index (χ4n) is 0.792. The van der Waals surface area contributed by atoms with Crippen molar-refractivity contribution < 1.29 is 5.21 Å². The Balaban J connectivity index is 2.39. The lowest BCUT2D eigenvalue weighted by molar-refractivity contribution is 0.317. The molecule has 0 bridgehead atoms. The van der Waals surface area contributed by atoms with Crippen LogP contribution in [-0.2, 0) is 0 Å². The highest BCUT2D eigenvalue weighted by Gasteiger charge is 1.99. The van der Waals surface area contributed by atoms with Gasteiger partial charge in [-0.25, -0.2) is 9.97 Å². The Kier molecular flexibility index (Phi) is 4.18. The maximum Gasteiger partial charge on any atom is 0.187 e. The molecule has 1 rings (SSSR count). The van der Waals surface area contributed by atoms with Crippen molar-refractivity contribution in [1.29, 1.82) is 0 Å². The Bertz CT molecular complexity index is 329. The minimum Gasteiger partial charge on any atom is -0.409 e. The van der Waals surface area contributed by atoms with Crippen molar-refractivity contribution >= 4 is 17.6 Å². The van der Waals surface area contributed by atoms with Gasteiger partial charge < -0.3 is 10.9 Å². The first-order valence-electron chi connectivity index (χ1n) is 4.11. The van der Waals surface area contributed by atoms with Crippen LogP contribution in [0.5, 0.6) is 0 Å². The zero-order chi connectivity index (χ0) is 10.4. The van der Waals surface area contributed by atoms with E-state index in [0.29, 0.717) is 12.2 Å². The van der Waals surface area contributed by atoms with Gasteiger partial charge in [0.15, 0.2) is 5.16 Å². The van der Waals surface area contributed by atoms with Gasteiger partial charge in [-0.05, 0) is 13.0 Å². The summed E-state index contributed by atoms with van der Waals surface area (Å²) in [6.45, 7) is 1.91. The fourth-order valence-corrected chi connectivity index (χ4v) is 1.63. The molecule has 3 N–H and O–H groups in total. The molecule has 0 aliphatic heterocycles. The van der Waals surface area contributed by atoms with Crippen molar-refractivity contribution in [3.63, 3.8) is 0 Å². The van der Waals surface area contributed by atoms with Gasteiger partial charge in [-0.3, -0.25) is 0 Å². The average Bonchev–Trinajstić information content (AvgIpc) is 2.17. The third-order valence-corrected chi connectivity index (χ3v) is 2.35. The molecule has 0 unspecified atom stereocenters. The van der Waals surface area contributed by atoms with E-state index >= 15 is 0 Å². The monoisotopic (exact) mass is 212 g/mol. The summed E-state index contributed by atoms with van der Waals surface area (Å²) in [6, 6.07) is 1.84. The predicted molar refractivity (Wildman–Crippen MR) is 55.5 cm³/mol. The zero-order valence-electron chi connectivity index (χ0n) is 7.84. The van der Waals surface area contributed by atoms with E-state index in [1.54, 1.807) is 6.20 Å². The van der Waals surface area contributed by atoms with Crippen molar-refractivity contribution in [2.75, 3.05) is 5.75 Å². The number of thioether (sulfide) groups is 1. The van der Waals surface area contributed by atoms with E-state index in [0.717, 1.165) is 10.9 Å². The molecule has 0 aliphatic rings. The summed E-state index contributed by atoms with van der Waals surface area (Å²) in [7, 11) is 0. The number of aromatic nitrogens is 2. The van der Waals surface area contributed by atoms with E-state index in [1.807, 2.05) is 13.0 Å². The molecule has 0 saturated carbocycles. The Morgan fingerprint density at radius 3 is 3.14 bits per heavy atom. The normalized spacial score (nSPS) is 11.6. The predicted octanol–water partition coefficient (Wildman–Crippen LogP) is 1.01. The molecule has 14 heavy (non-hydrogen) atoms. The molecule has 1 aromatic rings. The topological polar surface area (TPSA) is 84.4 Å². The first-order valence-corrected chi connectivity index (χ1v) is 5.10. The molecule has 5 nitrogen and oxygen atoms in total. The number of rotatable bonds is 4. The molecule has 0 amide bonds. The van der Waals surface area contributed by atoms with Crippen LogP contribution in [0.25, 0.3) is 0 Å². The van der Waals surface area contributed by atoms with Gasteiger partial charge in [-0.1, -0.05) is 16.9 Å². The molecule has 76 valence electrons. The first-order chi connectivity index (χ1) is 6.72. The molecule has 0 fully saturated rings. The maximum atomic E-state index is 8.30. The number of aryl methyl sites for hydroxylation is 1. The number of oxime groups is 1. The van der Waals surface area contributed by atoms with Crippen molar-refractivity contribution in [2.45, 2.75) is 18.5 Å². The molecule has 0 aliphatic carbocycles. The summed E-state index contributed by atoms with van der Waals surface area (Å²) in [5.41, 5.74) is 6.25. The first kappa shape index (κ1) is 10.8. The molecule has 0 spiro atoms. The van der Waals surface area contributed by atoms with Crippen LogP contribution in [0, 0.1) is 6.92 Å². The van der Waals surface area contributed by atoms with Gasteiger partial charge in [0.05, 0.1) is 0 Å². The van der Waals surface area contributed by atoms with Crippen LogP contribution in [0.15, 0.2) is 22.6 Å². The van der Waals surface area contributed by atoms with Crippen molar-refractivity contribution in [3.8, 4) is 0 Å². The minimum absolute atomic E-state index is 0.227. The molecule has 0 saturated heterocycles. The van der Waals surface area contributed by atoms with Crippen LogP contribution < -0.4 is 5.73 Å². The van der Waals surface area contributed by atoms with E-state index in [2.05, 4.69) is 15.1 Å². The second-order valence-corrected chi connectivity index (χ2v) is 3.73. The molecule has 0 radical (unpaired) electrons. The highest BCUT2D eigenvalue weighted by Crippen LogP contribution is 2.12. The number of nitrogens with zero attached hydrogens (tertiary/aromatic N) is 3. The fraction of sp³-hybridized carbons (Fsp3) is 0.375. The molecule has 1 aromatic heterocycles. The Labute approximate surface area is 86.4 Å². The van der Waals surface area contributed by atoms with Gasteiger partial charge >= 0.3 is 0 Å². The lowest BCUT2D eigenvalue weighted by Gasteiger charge is -1.99. The molecular formula is C8H12N4OS. The maximum absolute atomic E-state index is 8.30. The van der Waals surface area contributed by atoms with Gasteiger partial charge in [0.25, 0.3) is 0 Å². The summed E-state index contributed by atoms with van der Waals surface area (Å²) < 4.78 is 0. The van der Waals surface area contributed by atoms with E-state index in [1.165, 1.54) is 11.8 Å². The lowest BCUT2D eigenvalue weighted by atomic mass is 10.5. The third kappa shape index (κ3) is 3.61. The Hall–Kier alpha value is -1.30. The molecule has 0 atom stereocenters. The number of hydrogen-bond donors (Lipinski definition) is 2. The van der Waals surface area contributed by atoms with Crippen LogP contribution in [0.4, 0.5) is 0 Å². The summed E-state index contributed by atoms with van der Waals surface area (Å²) in [5.74, 6) is 0.935. The second-order valence-electron chi connectivity index (χ2n) is 2.67. The standard InChI is InChI=1S/C8H12N4OS/c1-6-2-4-10-8(11-6)14-5-3-7(9)12-13/h2,4,13H,3,5H2,1H3,(H2,9,12). The second kappa shape index (κ2) is 5.43. The van der Waals surface area contributed by atoms with E-state index in [-0.39, 0.29) is 5.84 Å². The number of hydrogen-bond acceptors (Lipinski definition) is 5. The highest BCUT2D eigenvalue weighted by molar-refractivity contribution is 7.99. The zero-order valence-corrected chi connectivity index (χ0v) is 8.66. The van der Waals surface area contributed by atoms with Gasteiger partial charge in [0.1, 0.15) is 5.84 Å². The Morgan fingerprint density at radius 1 is 1.71 bits per heavy atom. The lowest BCUT2D eigenvalue weighted by Crippen LogP contribution is -2.12. The number of nitrogens with two attached hydrogens (primary N) is 1. The smallest absolute Gasteiger partial charge is 0.187 e. The van der Waals surface area contributed by atoms with Gasteiger partial charge in [-0.15, -0.1) is 0 Å². The number of amidine groups is 1. The van der Waals surface area contributed by atoms with Gasteiger partial charge in [-0.2, -0.15) is 0 Å². The summed E-state index contributed by atoms with van der Waals surface area (Å²) in [5, 5.41) is 11.9. The summed E-state index contributed by atoms with van der Waals surface area (Å²) >= 11 is 1.48. The van der Waals surface area contributed by atoms with Crippen LogP contribution >= 0.6 is 11.8 Å². The van der Waals surface area contributed by atoms with Crippen molar-refractivity contribution in [3.05, 3.63) is 18.0 Å². The third-order valence-electron chi connectivity index (χ3n) is 1.49. The van der Waals surface area contributed by atoms with E-state index < -0.39 is 0 Å². The SMILES string of the molecule is Cc1ccnc(SCCC(N)=NO)n1. The minimum atomic E-state index is 0.227. The summed E-state index contributed by atoms with van der Waals surface area (Å²) in [6.07, 6.45) is 2.24. The van der Waals surface area contributed by atoms with Crippen LogP contribution in [-0.4, -0.2) is 26.8 Å². The molecule has 6 heteroatoms. The van der Waals surface area contributed by atoms with E-state index in [4.69, 9.17) is 10.9 Å². The molecule has 0 aromatic carbocycles. The molecule has 1 heterocycles. The van der Waals surface area contributed by atoms with Crippen LogP contribution in [0.2, 0.25) is 0 Å². The summed E-state index contributed by atoms with van der Waals surface area (Å²) in [4.78, 5) is 8.28. The van der Waals surface area contributed by atoms with Crippen molar-refractivity contribution in [2.24, 2.45) is 10.9 Å². The average molecular weight is 212 g/mol. The van der Waals surface area contributed by atoms with Gasteiger partial charge in [0, 0.05) is 24.1 Å². The highest BCUT2D eigenvalue weighted by atomic mass is 32.2. The quantitative estimate of drug-likeness (QED) is 0.194. The van der Waals surface area contributed by atoms with Crippen LogP contribution in [0.1, 0.15) is 12.1 Å². The largest absolute Gasteiger partial charge is 0.409 e. The molecular weight excluding hydrogens is 200 g/mol. The van der Waals surface area contributed by atoms with Gasteiger partial charge in [0.2, 0.25) is 0 Å². The van der Waals surface area contributed by atoms with E-state index in [9.17, 15) is 0 Å². The van der Waals surface area contributed by atoms with Crippen molar-refractivity contribution in [1.82, 2.24) is 9.97 Å². The van der Waals surface area contributed by atoms with Crippen LogP contribution in [0.3, 0.4) is 0 Å². The Morgan fingerprint density at radius 2 is 2.50 bits per heavy atom.